The molecule has 1 saturated heterocycles. The molecule has 2 N–H and O–H groups in total. The number of carbonyl (C=O) groups is 1. The van der Waals surface area contributed by atoms with Crippen molar-refractivity contribution in [3.8, 4) is 0 Å². The largest absolute Gasteiger partial charge is 0.440 e. The van der Waals surface area contributed by atoms with Crippen LogP contribution in [-0.4, -0.2) is 24.0 Å². The molecule has 1 atom stereocenters. The van der Waals surface area contributed by atoms with Crippen LogP contribution in [0.1, 0.15) is 43.9 Å². The van der Waals surface area contributed by atoms with Crippen LogP contribution < -0.4 is 10.6 Å². The van der Waals surface area contributed by atoms with Crippen molar-refractivity contribution in [2.75, 3.05) is 18.4 Å². The third kappa shape index (κ3) is 3.85. The number of amides is 1. The van der Waals surface area contributed by atoms with E-state index >= 15 is 0 Å². The number of halogens is 1. The van der Waals surface area contributed by atoms with Gasteiger partial charge in [-0.25, -0.2) is 4.98 Å². The zero-order valence-electron chi connectivity index (χ0n) is 13.0. The lowest BCUT2D eigenvalue weighted by Gasteiger charge is -2.08. The van der Waals surface area contributed by atoms with E-state index in [0.29, 0.717) is 18.3 Å². The number of hydrogen-bond donors (Lipinski definition) is 2. The number of carbonyl (C=O) groups excluding carboxylic acids is 1. The van der Waals surface area contributed by atoms with Gasteiger partial charge in [0.25, 0.3) is 0 Å². The van der Waals surface area contributed by atoms with Gasteiger partial charge in [-0.3, -0.25) is 4.79 Å². The standard InChI is InChI=1S/C17H21N3O2.ClH/c21-16(6-1-11-7-8-18-10-11)19-13-4-5-14-15(9-13)22-17(20-14)12-2-3-12;/h4-5,9,11-12,18H,1-3,6-8,10H2,(H,19,21);1H. The molecule has 23 heavy (non-hydrogen) atoms. The van der Waals surface area contributed by atoms with E-state index in [1.807, 2.05) is 18.2 Å². The fourth-order valence-corrected chi connectivity index (χ4v) is 3.04. The molecule has 2 fully saturated rings. The Hall–Kier alpha value is -1.59. The summed E-state index contributed by atoms with van der Waals surface area (Å²) in [5.74, 6) is 2.06. The third-order valence-electron chi connectivity index (χ3n) is 4.56. The minimum atomic E-state index is 0. The molecule has 1 saturated carbocycles. The van der Waals surface area contributed by atoms with Crippen LogP contribution in [0.5, 0.6) is 0 Å². The van der Waals surface area contributed by atoms with E-state index in [1.54, 1.807) is 0 Å². The summed E-state index contributed by atoms with van der Waals surface area (Å²) >= 11 is 0. The number of oxazole rings is 1. The number of anilines is 1. The van der Waals surface area contributed by atoms with Crippen molar-refractivity contribution in [2.45, 2.75) is 38.0 Å². The first-order valence-electron chi connectivity index (χ1n) is 8.19. The van der Waals surface area contributed by atoms with Crippen molar-refractivity contribution < 1.29 is 9.21 Å². The van der Waals surface area contributed by atoms with Gasteiger partial charge in [-0.1, -0.05) is 0 Å². The summed E-state index contributed by atoms with van der Waals surface area (Å²) in [6.07, 6.45) is 5.06. The number of nitrogens with one attached hydrogen (secondary N) is 2. The summed E-state index contributed by atoms with van der Waals surface area (Å²) in [7, 11) is 0. The lowest BCUT2D eigenvalue weighted by molar-refractivity contribution is -0.116. The van der Waals surface area contributed by atoms with E-state index in [-0.39, 0.29) is 18.3 Å². The number of benzene rings is 1. The van der Waals surface area contributed by atoms with Gasteiger partial charge in [-0.05, 0) is 56.8 Å². The number of fused-ring (bicyclic) bond motifs is 1. The Morgan fingerprint density at radius 1 is 1.35 bits per heavy atom. The van der Waals surface area contributed by atoms with E-state index in [9.17, 15) is 4.79 Å². The highest BCUT2D eigenvalue weighted by Gasteiger charge is 2.28. The van der Waals surface area contributed by atoms with Gasteiger partial charge in [-0.15, -0.1) is 12.4 Å². The highest BCUT2D eigenvalue weighted by Crippen LogP contribution is 2.40. The van der Waals surface area contributed by atoms with Crippen LogP contribution >= 0.6 is 12.4 Å². The predicted octanol–water partition coefficient (Wildman–Crippen LogP) is 3.46. The lowest BCUT2D eigenvalue weighted by atomic mass is 10.0. The van der Waals surface area contributed by atoms with Crippen LogP contribution in [0, 0.1) is 5.92 Å². The quantitative estimate of drug-likeness (QED) is 0.878. The topological polar surface area (TPSA) is 67.2 Å². The van der Waals surface area contributed by atoms with Gasteiger partial charge in [0, 0.05) is 24.1 Å². The number of nitrogens with zero attached hydrogens (tertiary/aromatic N) is 1. The summed E-state index contributed by atoms with van der Waals surface area (Å²) in [6.45, 7) is 2.12. The summed E-state index contributed by atoms with van der Waals surface area (Å²) in [6, 6.07) is 5.70. The Labute approximate surface area is 141 Å². The molecule has 1 aliphatic heterocycles. The zero-order chi connectivity index (χ0) is 14.9. The van der Waals surface area contributed by atoms with Gasteiger partial charge < -0.3 is 15.1 Å². The number of aromatic nitrogens is 1. The Kier molecular flexibility index (Phi) is 4.87. The highest BCUT2D eigenvalue weighted by molar-refractivity contribution is 5.92. The Bertz CT molecular complexity index is 690. The van der Waals surface area contributed by atoms with Crippen molar-refractivity contribution in [3.63, 3.8) is 0 Å². The summed E-state index contributed by atoms with van der Waals surface area (Å²) in [5, 5.41) is 6.30. The monoisotopic (exact) mass is 335 g/mol. The van der Waals surface area contributed by atoms with Crippen molar-refractivity contribution >= 4 is 35.1 Å². The molecule has 0 bridgehead atoms. The lowest BCUT2D eigenvalue weighted by Crippen LogP contribution is -2.14. The van der Waals surface area contributed by atoms with Crippen LogP contribution in [0.15, 0.2) is 22.6 Å². The van der Waals surface area contributed by atoms with E-state index in [1.165, 1.54) is 19.3 Å². The van der Waals surface area contributed by atoms with Crippen molar-refractivity contribution in [1.29, 1.82) is 0 Å². The number of rotatable bonds is 5. The molecule has 1 amide bonds. The van der Waals surface area contributed by atoms with Crippen molar-refractivity contribution in [3.05, 3.63) is 24.1 Å². The second-order valence-electron chi connectivity index (χ2n) is 6.45. The van der Waals surface area contributed by atoms with Gasteiger partial charge in [0.15, 0.2) is 11.5 Å². The van der Waals surface area contributed by atoms with Crippen molar-refractivity contribution in [2.24, 2.45) is 5.92 Å². The summed E-state index contributed by atoms with van der Waals surface area (Å²) in [5.41, 5.74) is 2.43. The predicted molar refractivity (Wildman–Crippen MR) is 92.1 cm³/mol. The SMILES string of the molecule is Cl.O=C(CCC1CCNC1)Nc1ccc2nc(C3CC3)oc2c1. The molecule has 1 aliphatic carbocycles. The zero-order valence-corrected chi connectivity index (χ0v) is 13.8. The maximum atomic E-state index is 12.1. The van der Waals surface area contributed by atoms with E-state index in [4.69, 9.17) is 4.42 Å². The summed E-state index contributed by atoms with van der Waals surface area (Å²) in [4.78, 5) is 16.5. The molecule has 2 aromatic rings. The maximum absolute atomic E-state index is 12.1. The van der Waals surface area contributed by atoms with Crippen LogP contribution in [0.25, 0.3) is 11.1 Å². The van der Waals surface area contributed by atoms with Crippen LogP contribution in [0.4, 0.5) is 5.69 Å². The van der Waals surface area contributed by atoms with Gasteiger partial charge in [0.05, 0.1) is 0 Å². The van der Waals surface area contributed by atoms with Gasteiger partial charge in [0.2, 0.25) is 5.91 Å². The van der Waals surface area contributed by atoms with Crippen LogP contribution in [-0.2, 0) is 4.79 Å². The molecule has 2 heterocycles. The fraction of sp³-hybridized carbons (Fsp3) is 0.529. The molecule has 0 radical (unpaired) electrons. The fourth-order valence-electron chi connectivity index (χ4n) is 3.04. The second kappa shape index (κ2) is 6.89. The molecule has 4 rings (SSSR count). The molecule has 5 nitrogen and oxygen atoms in total. The van der Waals surface area contributed by atoms with Crippen molar-refractivity contribution in [1.82, 2.24) is 10.3 Å². The smallest absolute Gasteiger partial charge is 0.224 e. The molecule has 124 valence electrons. The van der Waals surface area contributed by atoms with Gasteiger partial charge in [0.1, 0.15) is 5.52 Å². The third-order valence-corrected chi connectivity index (χ3v) is 4.56. The molecule has 2 aliphatic rings. The average molecular weight is 336 g/mol. The number of hydrogen-bond acceptors (Lipinski definition) is 4. The van der Waals surface area contributed by atoms with Crippen LogP contribution in [0.2, 0.25) is 0 Å². The normalized spacial score (nSPS) is 20.4. The second-order valence-corrected chi connectivity index (χ2v) is 6.45. The average Bonchev–Trinajstić information content (AvgIpc) is 3.08. The van der Waals surface area contributed by atoms with Gasteiger partial charge in [-0.2, -0.15) is 0 Å². The Morgan fingerprint density at radius 2 is 2.22 bits per heavy atom. The molecule has 6 heteroatoms. The Balaban J connectivity index is 0.00000156. The van der Waals surface area contributed by atoms with E-state index < -0.39 is 0 Å². The van der Waals surface area contributed by atoms with Crippen LogP contribution in [0.3, 0.4) is 0 Å². The molecular weight excluding hydrogens is 314 g/mol. The van der Waals surface area contributed by atoms with E-state index in [0.717, 1.165) is 42.2 Å². The molecule has 1 unspecified atom stereocenters. The first-order valence-corrected chi connectivity index (χ1v) is 8.19. The van der Waals surface area contributed by atoms with E-state index in [2.05, 4.69) is 15.6 Å². The first kappa shape index (κ1) is 16.3. The highest BCUT2D eigenvalue weighted by atomic mass is 35.5. The molecular formula is C17H22ClN3O2. The van der Waals surface area contributed by atoms with Gasteiger partial charge >= 0.3 is 0 Å². The minimum absolute atomic E-state index is 0. The molecule has 0 spiro atoms. The Morgan fingerprint density at radius 3 is 2.96 bits per heavy atom. The minimum Gasteiger partial charge on any atom is -0.440 e. The maximum Gasteiger partial charge on any atom is 0.224 e. The molecule has 1 aromatic heterocycles. The molecule has 1 aromatic carbocycles. The summed E-state index contributed by atoms with van der Waals surface area (Å²) < 4.78 is 5.78. The first-order chi connectivity index (χ1) is 10.8.